The third-order valence-electron chi connectivity index (χ3n) is 4.50. The number of aromatic nitrogens is 2. The number of H-pyrrole nitrogens is 1. The van der Waals surface area contributed by atoms with Crippen molar-refractivity contribution >= 4 is 51.5 Å². The van der Waals surface area contributed by atoms with E-state index in [1.165, 1.54) is 24.5 Å². The van der Waals surface area contributed by atoms with Gasteiger partial charge in [0.25, 0.3) is 0 Å². The van der Waals surface area contributed by atoms with Crippen molar-refractivity contribution in [1.82, 2.24) is 9.97 Å². The number of benzene rings is 2. The van der Waals surface area contributed by atoms with Crippen molar-refractivity contribution in [2.24, 2.45) is 0 Å². The summed E-state index contributed by atoms with van der Waals surface area (Å²) in [4.78, 5) is 21.1. The van der Waals surface area contributed by atoms with E-state index >= 15 is 0 Å². The fourth-order valence-electron chi connectivity index (χ4n) is 3.02. The second-order valence-electron chi connectivity index (χ2n) is 6.48. The van der Waals surface area contributed by atoms with E-state index in [-0.39, 0.29) is 10.8 Å². The lowest BCUT2D eigenvalue weighted by Crippen LogP contribution is -2.07. The van der Waals surface area contributed by atoms with Crippen LogP contribution in [0.3, 0.4) is 0 Å². The number of phenolic OH excluding ortho intramolecular Hbond substituents is 1. The van der Waals surface area contributed by atoms with Crippen molar-refractivity contribution in [2.45, 2.75) is 13.0 Å². The molecule has 2 aromatic carbocycles. The number of thiophene rings is 1. The minimum atomic E-state index is -0.523. The number of rotatable bonds is 5. The monoisotopic (exact) mass is 462 g/mol. The van der Waals surface area contributed by atoms with E-state index in [1.54, 1.807) is 37.3 Å². The summed E-state index contributed by atoms with van der Waals surface area (Å²) >= 11 is 13.4. The van der Waals surface area contributed by atoms with Crippen LogP contribution in [0.4, 0.5) is 0 Å². The molecule has 0 aliphatic rings. The lowest BCUT2D eigenvalue weighted by molar-refractivity contribution is 0.0600. The molecule has 0 aliphatic carbocycles. The van der Waals surface area contributed by atoms with Crippen LogP contribution < -0.4 is 4.74 Å². The standard InChI is InChI=1S/C21H16Cl2N2O4S/c1-10(12-4-3-5-15(26)18(12)23)29-16-9-17(30-19(16)21(27)28-2)20-24-13-7-6-11(22)8-14(13)25-20/h3-10,26H,1-2H3,(H,24,25)/t10-/m1/s1. The number of halogens is 2. The zero-order valence-electron chi connectivity index (χ0n) is 15.9. The largest absolute Gasteiger partial charge is 0.506 e. The van der Waals surface area contributed by atoms with Gasteiger partial charge in [-0.25, -0.2) is 9.78 Å². The van der Waals surface area contributed by atoms with Gasteiger partial charge in [0.2, 0.25) is 0 Å². The first-order valence-electron chi connectivity index (χ1n) is 8.89. The molecule has 4 aromatic rings. The summed E-state index contributed by atoms with van der Waals surface area (Å²) < 4.78 is 10.9. The summed E-state index contributed by atoms with van der Waals surface area (Å²) in [6.07, 6.45) is -0.523. The van der Waals surface area contributed by atoms with Gasteiger partial charge >= 0.3 is 5.97 Å². The second kappa shape index (κ2) is 8.18. The number of aromatic hydroxyl groups is 1. The SMILES string of the molecule is COC(=O)c1sc(-c2nc3ccc(Cl)cc3[nH]2)cc1O[C@H](C)c1cccc(O)c1Cl. The Morgan fingerprint density at radius 1 is 1.23 bits per heavy atom. The maximum atomic E-state index is 12.3. The average Bonchev–Trinajstić information content (AvgIpc) is 3.33. The second-order valence-corrected chi connectivity index (χ2v) is 8.35. The van der Waals surface area contributed by atoms with Crippen LogP contribution in [-0.4, -0.2) is 28.2 Å². The number of nitrogens with one attached hydrogen (secondary N) is 1. The molecule has 0 spiro atoms. The number of esters is 1. The lowest BCUT2D eigenvalue weighted by Gasteiger charge is -2.16. The summed E-state index contributed by atoms with van der Waals surface area (Å²) in [7, 11) is 1.31. The summed E-state index contributed by atoms with van der Waals surface area (Å²) in [6.45, 7) is 1.78. The fraction of sp³-hybridized carbons (Fsp3) is 0.143. The van der Waals surface area contributed by atoms with E-state index in [4.69, 9.17) is 32.7 Å². The number of aromatic amines is 1. The van der Waals surface area contributed by atoms with E-state index in [0.29, 0.717) is 31.9 Å². The van der Waals surface area contributed by atoms with Crippen LogP contribution in [-0.2, 0) is 4.74 Å². The molecule has 4 rings (SSSR count). The number of imidazole rings is 1. The summed E-state index contributed by atoms with van der Waals surface area (Å²) in [5.74, 6) is 0.368. The number of carbonyl (C=O) groups excluding carboxylic acids is 1. The lowest BCUT2D eigenvalue weighted by atomic mass is 10.1. The van der Waals surface area contributed by atoms with Crippen molar-refractivity contribution in [1.29, 1.82) is 0 Å². The van der Waals surface area contributed by atoms with Gasteiger partial charge in [0.15, 0.2) is 4.88 Å². The molecule has 1 atom stereocenters. The maximum Gasteiger partial charge on any atom is 0.351 e. The van der Waals surface area contributed by atoms with E-state index in [2.05, 4.69) is 9.97 Å². The van der Waals surface area contributed by atoms with Gasteiger partial charge in [-0.2, -0.15) is 0 Å². The first-order chi connectivity index (χ1) is 14.4. The average molecular weight is 463 g/mol. The number of carbonyl (C=O) groups is 1. The molecule has 6 nitrogen and oxygen atoms in total. The molecule has 0 bridgehead atoms. The molecule has 0 radical (unpaired) electrons. The van der Waals surface area contributed by atoms with Crippen molar-refractivity contribution in [3.8, 4) is 22.2 Å². The quantitative estimate of drug-likeness (QED) is 0.343. The number of ether oxygens (including phenoxy) is 2. The Morgan fingerprint density at radius 3 is 2.80 bits per heavy atom. The highest BCUT2D eigenvalue weighted by molar-refractivity contribution is 7.17. The summed E-state index contributed by atoms with van der Waals surface area (Å²) in [5, 5.41) is 10.7. The Bertz CT molecular complexity index is 1250. The topological polar surface area (TPSA) is 84.4 Å². The highest BCUT2D eigenvalue weighted by Gasteiger charge is 2.23. The zero-order valence-corrected chi connectivity index (χ0v) is 18.2. The van der Waals surface area contributed by atoms with Crippen LogP contribution in [0.1, 0.15) is 28.3 Å². The van der Waals surface area contributed by atoms with Gasteiger partial charge in [-0.1, -0.05) is 35.3 Å². The molecule has 0 unspecified atom stereocenters. The summed E-state index contributed by atoms with van der Waals surface area (Å²) in [6, 6.07) is 12.0. The molecule has 154 valence electrons. The van der Waals surface area contributed by atoms with Crippen molar-refractivity contribution in [2.75, 3.05) is 7.11 Å². The van der Waals surface area contributed by atoms with Gasteiger partial charge in [-0.05, 0) is 31.2 Å². The first kappa shape index (κ1) is 20.5. The number of methoxy groups -OCH3 is 1. The van der Waals surface area contributed by atoms with E-state index in [0.717, 1.165) is 11.0 Å². The molecule has 30 heavy (non-hydrogen) atoms. The smallest absolute Gasteiger partial charge is 0.351 e. The molecular formula is C21H16Cl2N2O4S. The van der Waals surface area contributed by atoms with Gasteiger partial charge < -0.3 is 19.6 Å². The molecular weight excluding hydrogens is 447 g/mol. The molecule has 0 saturated carbocycles. The predicted molar refractivity (Wildman–Crippen MR) is 118 cm³/mol. The maximum absolute atomic E-state index is 12.3. The van der Waals surface area contributed by atoms with E-state index in [9.17, 15) is 9.90 Å². The van der Waals surface area contributed by atoms with Crippen LogP contribution in [0.25, 0.3) is 21.7 Å². The van der Waals surface area contributed by atoms with Crippen molar-refractivity contribution in [3.63, 3.8) is 0 Å². The van der Waals surface area contributed by atoms with Gasteiger partial charge in [0.05, 0.1) is 28.0 Å². The van der Waals surface area contributed by atoms with Gasteiger partial charge in [0, 0.05) is 16.7 Å². The van der Waals surface area contributed by atoms with Crippen LogP contribution in [0.5, 0.6) is 11.5 Å². The van der Waals surface area contributed by atoms with Gasteiger partial charge in [0.1, 0.15) is 23.4 Å². The highest BCUT2D eigenvalue weighted by Crippen LogP contribution is 2.40. The molecule has 9 heteroatoms. The van der Waals surface area contributed by atoms with Gasteiger partial charge in [-0.15, -0.1) is 11.3 Å². The molecule has 0 amide bonds. The van der Waals surface area contributed by atoms with Crippen molar-refractivity contribution in [3.05, 3.63) is 63.0 Å². The van der Waals surface area contributed by atoms with Crippen LogP contribution in [0, 0.1) is 0 Å². The minimum Gasteiger partial charge on any atom is -0.506 e. The normalized spacial score (nSPS) is 12.1. The Morgan fingerprint density at radius 2 is 2.03 bits per heavy atom. The number of hydrogen-bond acceptors (Lipinski definition) is 6. The first-order valence-corrected chi connectivity index (χ1v) is 10.5. The number of fused-ring (bicyclic) bond motifs is 1. The predicted octanol–water partition coefficient (Wildman–Crippen LogP) is 6.23. The van der Waals surface area contributed by atoms with Crippen molar-refractivity contribution < 1.29 is 19.4 Å². The number of hydrogen-bond donors (Lipinski definition) is 2. The molecule has 0 saturated heterocycles. The van der Waals surface area contributed by atoms with Crippen LogP contribution in [0.15, 0.2) is 42.5 Å². The molecule has 2 N–H and O–H groups in total. The Hall–Kier alpha value is -2.74. The molecule has 0 fully saturated rings. The molecule has 2 aromatic heterocycles. The highest BCUT2D eigenvalue weighted by atomic mass is 35.5. The van der Waals surface area contributed by atoms with Crippen LogP contribution in [0.2, 0.25) is 10.0 Å². The third-order valence-corrected chi connectivity index (χ3v) is 6.25. The third kappa shape index (κ3) is 3.84. The number of nitrogens with zero attached hydrogens (tertiary/aromatic N) is 1. The van der Waals surface area contributed by atoms with E-state index < -0.39 is 12.1 Å². The Balaban J connectivity index is 1.72. The molecule has 2 heterocycles. The fourth-order valence-corrected chi connectivity index (χ4v) is 4.42. The zero-order chi connectivity index (χ0) is 21.4. The summed E-state index contributed by atoms with van der Waals surface area (Å²) in [5.41, 5.74) is 2.14. The number of phenols is 1. The Labute approximate surface area is 186 Å². The molecule has 0 aliphatic heterocycles. The van der Waals surface area contributed by atoms with E-state index in [1.807, 2.05) is 6.07 Å². The Kier molecular flexibility index (Phi) is 5.60. The minimum absolute atomic E-state index is 0.0373. The van der Waals surface area contributed by atoms with Gasteiger partial charge in [-0.3, -0.25) is 0 Å². The van der Waals surface area contributed by atoms with Crippen LogP contribution >= 0.6 is 34.5 Å².